The van der Waals surface area contributed by atoms with Crippen molar-refractivity contribution in [3.05, 3.63) is 48.0 Å². The fraction of sp³-hybridized carbons (Fsp3) is 0.286. The van der Waals surface area contributed by atoms with Gasteiger partial charge in [0.05, 0.1) is 6.26 Å². The van der Waals surface area contributed by atoms with Crippen molar-refractivity contribution in [1.29, 1.82) is 0 Å². The molecule has 4 heteroatoms. The van der Waals surface area contributed by atoms with E-state index in [1.54, 1.807) is 0 Å². The van der Waals surface area contributed by atoms with Crippen molar-refractivity contribution >= 4 is 20.8 Å². The predicted octanol–water partition coefficient (Wildman–Crippen LogP) is 2.84. The lowest BCUT2D eigenvalue weighted by Gasteiger charge is -2.18. The lowest BCUT2D eigenvalue weighted by molar-refractivity contribution is 0.557. The van der Waals surface area contributed by atoms with E-state index in [1.807, 2.05) is 49.4 Å². The Bertz CT molecular complexity index is 644. The molecular weight excluding hydrogens is 246 g/mol. The van der Waals surface area contributed by atoms with Crippen LogP contribution >= 0.6 is 0 Å². The number of sulfonamides is 1. The summed E-state index contributed by atoms with van der Waals surface area (Å²) in [6.07, 6.45) is 1.92. The molecule has 0 unspecified atom stereocenters. The molecule has 0 spiro atoms. The van der Waals surface area contributed by atoms with Crippen molar-refractivity contribution < 1.29 is 8.42 Å². The molecule has 0 fully saturated rings. The van der Waals surface area contributed by atoms with Gasteiger partial charge in [0.2, 0.25) is 10.0 Å². The molecule has 2 aromatic carbocycles. The molecule has 0 heterocycles. The maximum Gasteiger partial charge on any atom is 0.209 e. The summed E-state index contributed by atoms with van der Waals surface area (Å²) in [5.74, 6) is 0. The van der Waals surface area contributed by atoms with Crippen LogP contribution in [0.25, 0.3) is 10.8 Å². The third-order valence-electron chi connectivity index (χ3n) is 2.96. The molecule has 0 saturated heterocycles. The van der Waals surface area contributed by atoms with Crippen LogP contribution in [-0.2, 0) is 10.0 Å². The number of benzene rings is 2. The highest BCUT2D eigenvalue weighted by Gasteiger charge is 2.15. The number of hydrogen-bond acceptors (Lipinski definition) is 2. The van der Waals surface area contributed by atoms with E-state index in [2.05, 4.69) is 4.72 Å². The van der Waals surface area contributed by atoms with Crippen molar-refractivity contribution in [3.63, 3.8) is 0 Å². The summed E-state index contributed by atoms with van der Waals surface area (Å²) < 4.78 is 25.5. The average molecular weight is 263 g/mol. The zero-order chi connectivity index (χ0) is 13.2. The SMILES string of the molecule is CC[C@H](NS(C)(=O)=O)c1cccc2ccccc12. The van der Waals surface area contributed by atoms with Crippen LogP contribution in [-0.4, -0.2) is 14.7 Å². The largest absolute Gasteiger partial charge is 0.213 e. The average Bonchev–Trinajstić information content (AvgIpc) is 2.34. The van der Waals surface area contributed by atoms with E-state index in [1.165, 1.54) is 6.26 Å². The van der Waals surface area contributed by atoms with Gasteiger partial charge < -0.3 is 0 Å². The Labute approximate surface area is 108 Å². The Morgan fingerprint density at radius 1 is 1.11 bits per heavy atom. The van der Waals surface area contributed by atoms with E-state index in [-0.39, 0.29) is 6.04 Å². The van der Waals surface area contributed by atoms with E-state index >= 15 is 0 Å². The van der Waals surface area contributed by atoms with Crippen LogP contribution in [0.4, 0.5) is 0 Å². The quantitative estimate of drug-likeness (QED) is 0.922. The molecule has 0 aliphatic heterocycles. The van der Waals surface area contributed by atoms with Crippen LogP contribution in [0.15, 0.2) is 42.5 Å². The summed E-state index contributed by atoms with van der Waals surface area (Å²) in [6.45, 7) is 1.98. The van der Waals surface area contributed by atoms with Gasteiger partial charge in [0, 0.05) is 6.04 Å². The molecule has 1 atom stereocenters. The summed E-state index contributed by atoms with van der Waals surface area (Å²) in [6, 6.07) is 13.8. The van der Waals surface area contributed by atoms with Crippen molar-refractivity contribution in [2.45, 2.75) is 19.4 Å². The Kier molecular flexibility index (Phi) is 3.68. The summed E-state index contributed by atoms with van der Waals surface area (Å²) in [5.41, 5.74) is 1.03. The minimum Gasteiger partial charge on any atom is -0.213 e. The van der Waals surface area contributed by atoms with Gasteiger partial charge in [-0.15, -0.1) is 0 Å². The summed E-state index contributed by atoms with van der Waals surface area (Å²) in [7, 11) is -3.20. The molecule has 1 N–H and O–H groups in total. The predicted molar refractivity (Wildman–Crippen MR) is 75.0 cm³/mol. The summed E-state index contributed by atoms with van der Waals surface area (Å²) >= 11 is 0. The van der Waals surface area contributed by atoms with Crippen molar-refractivity contribution in [3.8, 4) is 0 Å². The topological polar surface area (TPSA) is 46.2 Å². The third kappa shape index (κ3) is 2.89. The first kappa shape index (κ1) is 13.1. The van der Waals surface area contributed by atoms with Gasteiger partial charge in [-0.05, 0) is 22.8 Å². The van der Waals surface area contributed by atoms with Crippen LogP contribution in [0.1, 0.15) is 24.9 Å². The van der Waals surface area contributed by atoms with Crippen molar-refractivity contribution in [2.24, 2.45) is 0 Å². The Morgan fingerprint density at radius 2 is 1.78 bits per heavy atom. The second-order valence-corrected chi connectivity index (χ2v) is 6.20. The van der Waals surface area contributed by atoms with Gasteiger partial charge in [0.25, 0.3) is 0 Å². The van der Waals surface area contributed by atoms with Crippen molar-refractivity contribution in [1.82, 2.24) is 4.72 Å². The third-order valence-corrected chi connectivity index (χ3v) is 3.68. The van der Waals surface area contributed by atoms with Crippen LogP contribution in [0.2, 0.25) is 0 Å². The van der Waals surface area contributed by atoms with Gasteiger partial charge in [0.15, 0.2) is 0 Å². The lowest BCUT2D eigenvalue weighted by Crippen LogP contribution is -2.27. The normalized spacial score (nSPS) is 13.7. The molecule has 0 saturated carbocycles. The van der Waals surface area contributed by atoms with Gasteiger partial charge in [-0.2, -0.15) is 0 Å². The van der Waals surface area contributed by atoms with Gasteiger partial charge in [-0.3, -0.25) is 0 Å². The zero-order valence-corrected chi connectivity index (χ0v) is 11.4. The van der Waals surface area contributed by atoms with E-state index in [0.29, 0.717) is 0 Å². The van der Waals surface area contributed by atoms with Crippen molar-refractivity contribution in [2.75, 3.05) is 6.26 Å². The van der Waals surface area contributed by atoms with Gasteiger partial charge in [0.1, 0.15) is 0 Å². The lowest BCUT2D eigenvalue weighted by atomic mass is 9.98. The zero-order valence-electron chi connectivity index (χ0n) is 10.6. The van der Waals surface area contributed by atoms with E-state index in [4.69, 9.17) is 0 Å². The highest BCUT2D eigenvalue weighted by atomic mass is 32.2. The smallest absolute Gasteiger partial charge is 0.209 e. The summed E-state index contributed by atoms with van der Waals surface area (Å²) in [4.78, 5) is 0. The molecule has 18 heavy (non-hydrogen) atoms. The fourth-order valence-electron chi connectivity index (χ4n) is 2.18. The Balaban J connectivity index is 2.51. The standard InChI is InChI=1S/C14H17NO2S/c1-3-14(15-18(2,16)17)13-10-6-8-11-7-4-5-9-12(11)13/h4-10,14-15H,3H2,1-2H3/t14-/m0/s1. The molecule has 0 radical (unpaired) electrons. The Hall–Kier alpha value is -1.39. The van der Waals surface area contributed by atoms with Gasteiger partial charge in [-0.25, -0.2) is 13.1 Å². The monoisotopic (exact) mass is 263 g/mol. The van der Waals surface area contributed by atoms with E-state index in [0.717, 1.165) is 22.8 Å². The van der Waals surface area contributed by atoms with Gasteiger partial charge >= 0.3 is 0 Å². The molecule has 0 amide bonds. The molecule has 96 valence electrons. The second kappa shape index (κ2) is 5.08. The number of fused-ring (bicyclic) bond motifs is 1. The number of nitrogens with one attached hydrogen (secondary N) is 1. The van der Waals surface area contributed by atoms with Crippen LogP contribution in [0.3, 0.4) is 0 Å². The first-order valence-electron chi connectivity index (χ1n) is 5.96. The molecule has 3 nitrogen and oxygen atoms in total. The highest BCUT2D eigenvalue weighted by Crippen LogP contribution is 2.26. The fourth-order valence-corrected chi connectivity index (χ4v) is 2.99. The van der Waals surface area contributed by atoms with E-state index in [9.17, 15) is 8.42 Å². The van der Waals surface area contributed by atoms with Crippen LogP contribution < -0.4 is 4.72 Å². The number of rotatable bonds is 4. The highest BCUT2D eigenvalue weighted by molar-refractivity contribution is 7.88. The molecule has 2 aromatic rings. The van der Waals surface area contributed by atoms with Gasteiger partial charge in [-0.1, -0.05) is 49.4 Å². The van der Waals surface area contributed by atoms with Crippen LogP contribution in [0, 0.1) is 0 Å². The second-order valence-electron chi connectivity index (χ2n) is 4.42. The maximum absolute atomic E-state index is 11.4. The van der Waals surface area contributed by atoms with Crippen LogP contribution in [0.5, 0.6) is 0 Å². The maximum atomic E-state index is 11.4. The minimum absolute atomic E-state index is 0.175. The van der Waals surface area contributed by atoms with E-state index < -0.39 is 10.0 Å². The summed E-state index contributed by atoms with van der Waals surface area (Å²) in [5, 5.41) is 2.23. The molecule has 0 aliphatic carbocycles. The minimum atomic E-state index is -3.20. The molecule has 2 rings (SSSR count). The Morgan fingerprint density at radius 3 is 2.44 bits per heavy atom. The first-order chi connectivity index (χ1) is 8.51. The molecular formula is C14H17NO2S. The first-order valence-corrected chi connectivity index (χ1v) is 7.85. The molecule has 0 aromatic heterocycles. The molecule has 0 bridgehead atoms. The molecule has 0 aliphatic rings. The number of hydrogen-bond donors (Lipinski definition) is 1.